The van der Waals surface area contributed by atoms with E-state index in [0.717, 1.165) is 11.8 Å². The van der Waals surface area contributed by atoms with Crippen LogP contribution in [0.2, 0.25) is 0 Å². The number of carbonyl (C=O) groups is 1. The molecule has 2 aromatic carbocycles. The summed E-state index contributed by atoms with van der Waals surface area (Å²) in [7, 11) is 0. The lowest BCUT2D eigenvalue weighted by atomic mass is 10.1. The van der Waals surface area contributed by atoms with Crippen molar-refractivity contribution in [2.45, 2.75) is 10.1 Å². The van der Waals surface area contributed by atoms with Crippen molar-refractivity contribution < 1.29 is 14.3 Å². The predicted octanol–water partition coefficient (Wildman–Crippen LogP) is 3.74. The zero-order chi connectivity index (χ0) is 13.0. The van der Waals surface area contributed by atoms with Gasteiger partial charge in [0.2, 0.25) is 0 Å². The van der Waals surface area contributed by atoms with E-state index < -0.39 is 17.0 Å². The molecular weight excluding hydrogens is 251 g/mol. The van der Waals surface area contributed by atoms with Gasteiger partial charge in [0, 0.05) is 4.90 Å². The average Bonchev–Trinajstić information content (AvgIpc) is 2.38. The second-order valence-corrected chi connectivity index (χ2v) is 4.82. The smallest absolute Gasteiger partial charge is 0.321 e. The summed E-state index contributed by atoms with van der Waals surface area (Å²) in [6.45, 7) is 0. The van der Waals surface area contributed by atoms with Crippen LogP contribution in [0.3, 0.4) is 0 Å². The van der Waals surface area contributed by atoms with Crippen molar-refractivity contribution in [2.24, 2.45) is 0 Å². The maximum absolute atomic E-state index is 13.5. The van der Waals surface area contributed by atoms with Gasteiger partial charge in [0.15, 0.2) is 0 Å². The first-order valence-electron chi connectivity index (χ1n) is 5.37. The van der Waals surface area contributed by atoms with E-state index in [-0.39, 0.29) is 0 Å². The van der Waals surface area contributed by atoms with E-state index in [4.69, 9.17) is 0 Å². The number of hydrogen-bond donors (Lipinski definition) is 1. The number of benzene rings is 2. The van der Waals surface area contributed by atoms with Gasteiger partial charge in [0.05, 0.1) is 0 Å². The van der Waals surface area contributed by atoms with Crippen LogP contribution in [0, 0.1) is 5.82 Å². The summed E-state index contributed by atoms with van der Waals surface area (Å²) in [6.07, 6.45) is 0. The summed E-state index contributed by atoms with van der Waals surface area (Å²) < 4.78 is 13.5. The third-order valence-corrected chi connectivity index (χ3v) is 3.70. The summed E-state index contributed by atoms with van der Waals surface area (Å²) in [5.74, 6) is -1.38. The number of carboxylic acid groups (broad SMARTS) is 1. The molecule has 92 valence electrons. The van der Waals surface area contributed by atoms with Crippen LogP contribution in [0.1, 0.15) is 10.8 Å². The number of halogens is 1. The third kappa shape index (κ3) is 2.90. The van der Waals surface area contributed by atoms with Crippen molar-refractivity contribution in [2.75, 3.05) is 0 Å². The average molecular weight is 262 g/mol. The maximum Gasteiger partial charge on any atom is 0.321 e. The van der Waals surface area contributed by atoms with E-state index in [1.54, 1.807) is 42.5 Å². The van der Waals surface area contributed by atoms with Crippen molar-refractivity contribution in [1.82, 2.24) is 0 Å². The summed E-state index contributed by atoms with van der Waals surface area (Å²) >= 11 is 1.00. The SMILES string of the molecule is O=C(O)C(Sc1ccccc1F)c1ccccc1. The van der Waals surface area contributed by atoms with Gasteiger partial charge in [-0.3, -0.25) is 4.79 Å². The Morgan fingerprint density at radius 2 is 1.67 bits per heavy atom. The fourth-order valence-electron chi connectivity index (χ4n) is 1.56. The van der Waals surface area contributed by atoms with Crippen LogP contribution in [0.4, 0.5) is 4.39 Å². The highest BCUT2D eigenvalue weighted by Gasteiger charge is 2.22. The van der Waals surface area contributed by atoms with Gasteiger partial charge < -0.3 is 5.11 Å². The van der Waals surface area contributed by atoms with Crippen molar-refractivity contribution in [3.63, 3.8) is 0 Å². The largest absolute Gasteiger partial charge is 0.480 e. The number of aliphatic carboxylic acids is 1. The van der Waals surface area contributed by atoms with Crippen molar-refractivity contribution in [1.29, 1.82) is 0 Å². The molecule has 0 aliphatic heterocycles. The van der Waals surface area contributed by atoms with Crippen molar-refractivity contribution in [3.05, 3.63) is 66.0 Å². The molecule has 1 unspecified atom stereocenters. The minimum absolute atomic E-state index is 0.341. The van der Waals surface area contributed by atoms with Gasteiger partial charge in [-0.2, -0.15) is 0 Å². The Morgan fingerprint density at radius 1 is 1.06 bits per heavy atom. The minimum atomic E-state index is -0.977. The second-order valence-electron chi connectivity index (χ2n) is 3.68. The fraction of sp³-hybridized carbons (Fsp3) is 0.0714. The lowest BCUT2D eigenvalue weighted by molar-refractivity contribution is -0.136. The van der Waals surface area contributed by atoms with E-state index in [1.807, 2.05) is 6.07 Å². The lowest BCUT2D eigenvalue weighted by Gasteiger charge is -2.12. The Kier molecular flexibility index (Phi) is 3.99. The molecule has 0 fully saturated rings. The molecular formula is C14H11FO2S. The third-order valence-electron chi connectivity index (χ3n) is 2.41. The molecule has 0 spiro atoms. The van der Waals surface area contributed by atoms with Crippen molar-refractivity contribution >= 4 is 17.7 Å². The molecule has 0 bridgehead atoms. The van der Waals surface area contributed by atoms with Crippen molar-refractivity contribution in [3.8, 4) is 0 Å². The van der Waals surface area contributed by atoms with Crippen LogP contribution in [-0.4, -0.2) is 11.1 Å². The number of thioether (sulfide) groups is 1. The first kappa shape index (κ1) is 12.6. The highest BCUT2D eigenvalue weighted by Crippen LogP contribution is 2.36. The number of rotatable bonds is 4. The molecule has 1 N–H and O–H groups in total. The van der Waals surface area contributed by atoms with E-state index in [1.165, 1.54) is 6.07 Å². The molecule has 2 aromatic rings. The molecule has 0 aromatic heterocycles. The number of carboxylic acids is 1. The quantitative estimate of drug-likeness (QED) is 0.853. The van der Waals surface area contributed by atoms with E-state index in [9.17, 15) is 14.3 Å². The maximum atomic E-state index is 13.5. The minimum Gasteiger partial charge on any atom is -0.480 e. The topological polar surface area (TPSA) is 37.3 Å². The molecule has 1 atom stereocenters. The number of hydrogen-bond acceptors (Lipinski definition) is 2. The van der Waals surface area contributed by atoms with Gasteiger partial charge in [-0.15, -0.1) is 11.8 Å². The normalized spacial score (nSPS) is 12.1. The van der Waals surface area contributed by atoms with Gasteiger partial charge >= 0.3 is 5.97 Å². The predicted molar refractivity (Wildman–Crippen MR) is 69.1 cm³/mol. The summed E-state index contributed by atoms with van der Waals surface area (Å²) in [5, 5.41) is 8.43. The van der Waals surface area contributed by atoms with Crippen LogP contribution in [0.25, 0.3) is 0 Å². The van der Waals surface area contributed by atoms with Gasteiger partial charge in [-0.25, -0.2) is 4.39 Å². The van der Waals surface area contributed by atoms with Crippen LogP contribution in [0.15, 0.2) is 59.5 Å². The molecule has 0 radical (unpaired) electrons. The Hall–Kier alpha value is -1.81. The van der Waals surface area contributed by atoms with Crippen LogP contribution >= 0.6 is 11.8 Å². The summed E-state index contributed by atoms with van der Waals surface area (Å²) in [4.78, 5) is 11.6. The summed E-state index contributed by atoms with van der Waals surface area (Å²) in [5.41, 5.74) is 0.651. The molecule has 0 saturated heterocycles. The molecule has 0 heterocycles. The summed E-state index contributed by atoms with van der Waals surface area (Å²) in [6, 6.07) is 15.0. The molecule has 2 nitrogen and oxygen atoms in total. The Balaban J connectivity index is 2.28. The van der Waals surface area contributed by atoms with E-state index >= 15 is 0 Å². The second kappa shape index (κ2) is 5.69. The lowest BCUT2D eigenvalue weighted by Crippen LogP contribution is -2.08. The molecule has 0 aliphatic carbocycles. The highest BCUT2D eigenvalue weighted by atomic mass is 32.2. The monoisotopic (exact) mass is 262 g/mol. The van der Waals surface area contributed by atoms with Crippen LogP contribution in [-0.2, 0) is 4.79 Å². The first-order chi connectivity index (χ1) is 8.68. The van der Waals surface area contributed by atoms with Gasteiger partial charge in [0.25, 0.3) is 0 Å². The fourth-order valence-corrected chi connectivity index (χ4v) is 2.54. The highest BCUT2D eigenvalue weighted by molar-refractivity contribution is 8.00. The Bertz CT molecular complexity index is 543. The molecule has 0 aliphatic rings. The van der Waals surface area contributed by atoms with Gasteiger partial charge in [-0.1, -0.05) is 42.5 Å². The van der Waals surface area contributed by atoms with E-state index in [2.05, 4.69) is 0 Å². The molecule has 2 rings (SSSR count). The zero-order valence-electron chi connectivity index (χ0n) is 9.42. The van der Waals surface area contributed by atoms with Gasteiger partial charge in [0.1, 0.15) is 11.1 Å². The van der Waals surface area contributed by atoms with Crippen LogP contribution < -0.4 is 0 Å². The Morgan fingerprint density at radius 3 is 2.28 bits per heavy atom. The molecule has 0 saturated carbocycles. The molecule has 0 amide bonds. The van der Waals surface area contributed by atoms with E-state index in [0.29, 0.717) is 10.5 Å². The molecule has 4 heteroatoms. The zero-order valence-corrected chi connectivity index (χ0v) is 10.2. The van der Waals surface area contributed by atoms with Crippen LogP contribution in [0.5, 0.6) is 0 Å². The molecule has 18 heavy (non-hydrogen) atoms. The standard InChI is InChI=1S/C14H11FO2S/c15-11-8-4-5-9-12(11)18-13(14(16)17)10-6-2-1-3-7-10/h1-9,13H,(H,16,17). The Labute approximate surface area is 108 Å². The first-order valence-corrected chi connectivity index (χ1v) is 6.25. The van der Waals surface area contributed by atoms with Gasteiger partial charge in [-0.05, 0) is 17.7 Å².